The molecule has 86 valence electrons. The molecule has 0 fully saturated rings. The van der Waals surface area contributed by atoms with Crippen molar-refractivity contribution in [3.8, 4) is 11.3 Å². The summed E-state index contributed by atoms with van der Waals surface area (Å²) in [7, 11) is 0. The normalized spacial score (nSPS) is 10.2. The Labute approximate surface area is 96.0 Å². The van der Waals surface area contributed by atoms with Gasteiger partial charge >= 0.3 is 5.97 Å². The Bertz CT molecular complexity index is 560. The van der Waals surface area contributed by atoms with Crippen LogP contribution in [0.5, 0.6) is 0 Å². The Hall–Kier alpha value is -2.37. The van der Waals surface area contributed by atoms with Gasteiger partial charge in [0.05, 0.1) is 11.9 Å². The summed E-state index contributed by atoms with van der Waals surface area (Å²) in [5.74, 6) is -1.44. The third-order valence-electron chi connectivity index (χ3n) is 2.06. The van der Waals surface area contributed by atoms with Gasteiger partial charge in [-0.2, -0.15) is 5.10 Å². The number of carboxylic acids is 1. The van der Waals surface area contributed by atoms with Crippen molar-refractivity contribution in [3.05, 3.63) is 42.1 Å². The summed E-state index contributed by atoms with van der Waals surface area (Å²) in [5, 5.41) is 15.8. The van der Waals surface area contributed by atoms with E-state index in [0.29, 0.717) is 0 Å². The Morgan fingerprint density at radius 2 is 2.12 bits per heavy atom. The second kappa shape index (κ2) is 4.65. The molecule has 0 aliphatic rings. The van der Waals surface area contributed by atoms with E-state index in [9.17, 15) is 9.18 Å². The smallest absolute Gasteiger partial charge is 0.311 e. The van der Waals surface area contributed by atoms with Crippen LogP contribution in [-0.2, 0) is 11.2 Å². The van der Waals surface area contributed by atoms with Crippen molar-refractivity contribution in [1.82, 2.24) is 15.2 Å². The molecule has 6 heteroatoms. The topological polar surface area (TPSA) is 76.0 Å². The van der Waals surface area contributed by atoms with Crippen LogP contribution in [0, 0.1) is 5.82 Å². The fourth-order valence-corrected chi connectivity index (χ4v) is 1.35. The van der Waals surface area contributed by atoms with Crippen molar-refractivity contribution in [2.45, 2.75) is 6.42 Å². The molecule has 1 heterocycles. The van der Waals surface area contributed by atoms with Crippen LogP contribution in [0.1, 0.15) is 5.82 Å². The SMILES string of the molecule is O=C(O)Cc1nncc(-c2ccccc2F)n1. The highest BCUT2D eigenvalue weighted by atomic mass is 19.1. The zero-order chi connectivity index (χ0) is 12.3. The molecule has 17 heavy (non-hydrogen) atoms. The fraction of sp³-hybridized carbons (Fsp3) is 0.0909. The summed E-state index contributed by atoms with van der Waals surface area (Å²) in [5.41, 5.74) is 0.545. The molecule has 0 aliphatic heterocycles. The molecule has 0 bridgehead atoms. The Kier molecular flexibility index (Phi) is 3.04. The van der Waals surface area contributed by atoms with Crippen LogP contribution in [0.15, 0.2) is 30.5 Å². The van der Waals surface area contributed by atoms with Gasteiger partial charge in [0.25, 0.3) is 0 Å². The van der Waals surface area contributed by atoms with Gasteiger partial charge in [0.1, 0.15) is 12.2 Å². The minimum Gasteiger partial charge on any atom is -0.481 e. The van der Waals surface area contributed by atoms with Crippen molar-refractivity contribution in [2.75, 3.05) is 0 Å². The molecule has 5 nitrogen and oxygen atoms in total. The lowest BCUT2D eigenvalue weighted by atomic mass is 10.1. The molecule has 1 aromatic heterocycles. The average molecular weight is 233 g/mol. The van der Waals surface area contributed by atoms with Crippen molar-refractivity contribution >= 4 is 5.97 Å². The highest BCUT2D eigenvalue weighted by molar-refractivity contribution is 5.69. The molecule has 0 unspecified atom stereocenters. The lowest BCUT2D eigenvalue weighted by molar-refractivity contribution is -0.136. The molecule has 0 amide bonds. The lowest BCUT2D eigenvalue weighted by Gasteiger charge is -2.02. The van der Waals surface area contributed by atoms with E-state index in [1.165, 1.54) is 12.3 Å². The number of aliphatic carboxylic acids is 1. The first kappa shape index (κ1) is 11.1. The third-order valence-corrected chi connectivity index (χ3v) is 2.06. The van der Waals surface area contributed by atoms with E-state index in [0.717, 1.165) is 0 Å². The second-order valence-corrected chi connectivity index (χ2v) is 3.31. The number of hydrogen-bond donors (Lipinski definition) is 1. The molecule has 0 saturated heterocycles. The number of benzene rings is 1. The van der Waals surface area contributed by atoms with E-state index in [-0.39, 0.29) is 23.5 Å². The van der Waals surface area contributed by atoms with E-state index >= 15 is 0 Å². The average Bonchev–Trinajstić information content (AvgIpc) is 2.29. The van der Waals surface area contributed by atoms with Gasteiger partial charge in [-0.25, -0.2) is 9.37 Å². The molecule has 0 radical (unpaired) electrons. The highest BCUT2D eigenvalue weighted by Crippen LogP contribution is 2.19. The largest absolute Gasteiger partial charge is 0.481 e. The first-order chi connectivity index (χ1) is 8.16. The number of aromatic nitrogens is 3. The summed E-state index contributed by atoms with van der Waals surface area (Å²) < 4.78 is 13.5. The first-order valence-electron chi connectivity index (χ1n) is 4.82. The van der Waals surface area contributed by atoms with E-state index in [1.54, 1.807) is 18.2 Å². The number of halogens is 1. The monoisotopic (exact) mass is 233 g/mol. The predicted molar refractivity (Wildman–Crippen MR) is 56.6 cm³/mol. The molecule has 0 aliphatic carbocycles. The van der Waals surface area contributed by atoms with Gasteiger partial charge in [-0.3, -0.25) is 4.79 Å². The summed E-state index contributed by atoms with van der Waals surface area (Å²) in [4.78, 5) is 14.5. The molecular formula is C11H8FN3O2. The maximum Gasteiger partial charge on any atom is 0.311 e. The van der Waals surface area contributed by atoms with Crippen LogP contribution in [0.3, 0.4) is 0 Å². The second-order valence-electron chi connectivity index (χ2n) is 3.31. The van der Waals surface area contributed by atoms with Crippen molar-refractivity contribution in [3.63, 3.8) is 0 Å². The number of carbonyl (C=O) groups is 1. The zero-order valence-corrected chi connectivity index (χ0v) is 8.67. The van der Waals surface area contributed by atoms with Crippen LogP contribution in [0.2, 0.25) is 0 Å². The standard InChI is InChI=1S/C11H8FN3O2/c12-8-4-2-1-3-7(8)9-6-13-15-10(14-9)5-11(16)17/h1-4,6H,5H2,(H,16,17). The minimum atomic E-state index is -1.06. The van der Waals surface area contributed by atoms with Crippen LogP contribution in [0.4, 0.5) is 4.39 Å². The molecule has 2 aromatic rings. The molecule has 0 atom stereocenters. The Morgan fingerprint density at radius 3 is 2.82 bits per heavy atom. The summed E-state index contributed by atoms with van der Waals surface area (Å²) in [6, 6.07) is 6.07. The molecule has 1 N–H and O–H groups in total. The number of rotatable bonds is 3. The summed E-state index contributed by atoms with van der Waals surface area (Å²) in [6.45, 7) is 0. The first-order valence-corrected chi connectivity index (χ1v) is 4.82. The Balaban J connectivity index is 2.40. The maximum absolute atomic E-state index is 13.5. The van der Waals surface area contributed by atoms with Crippen LogP contribution in [0.25, 0.3) is 11.3 Å². The van der Waals surface area contributed by atoms with E-state index in [1.807, 2.05) is 0 Å². The van der Waals surface area contributed by atoms with Gasteiger partial charge in [0.15, 0.2) is 5.82 Å². The number of hydrogen-bond acceptors (Lipinski definition) is 4. The van der Waals surface area contributed by atoms with Gasteiger partial charge < -0.3 is 5.11 Å². The number of nitrogens with zero attached hydrogens (tertiary/aromatic N) is 3. The highest BCUT2D eigenvalue weighted by Gasteiger charge is 2.09. The third kappa shape index (κ3) is 2.60. The van der Waals surface area contributed by atoms with Gasteiger partial charge in [-0.05, 0) is 12.1 Å². The molecule has 2 rings (SSSR count). The summed E-state index contributed by atoms with van der Waals surface area (Å²) >= 11 is 0. The van der Waals surface area contributed by atoms with Crippen LogP contribution in [-0.4, -0.2) is 26.3 Å². The zero-order valence-electron chi connectivity index (χ0n) is 8.67. The van der Waals surface area contributed by atoms with E-state index in [2.05, 4.69) is 15.2 Å². The molecular weight excluding hydrogens is 225 g/mol. The van der Waals surface area contributed by atoms with Gasteiger partial charge in [-0.1, -0.05) is 12.1 Å². The quantitative estimate of drug-likeness (QED) is 0.864. The van der Waals surface area contributed by atoms with Crippen molar-refractivity contribution in [2.24, 2.45) is 0 Å². The summed E-state index contributed by atoms with van der Waals surface area (Å²) in [6.07, 6.45) is 0.957. The van der Waals surface area contributed by atoms with Crippen LogP contribution >= 0.6 is 0 Å². The molecule has 1 aromatic carbocycles. The van der Waals surface area contributed by atoms with E-state index in [4.69, 9.17) is 5.11 Å². The van der Waals surface area contributed by atoms with Gasteiger partial charge in [0, 0.05) is 5.56 Å². The molecule has 0 saturated carbocycles. The van der Waals surface area contributed by atoms with Crippen molar-refractivity contribution in [1.29, 1.82) is 0 Å². The minimum absolute atomic E-state index is 0.0539. The van der Waals surface area contributed by atoms with Crippen molar-refractivity contribution < 1.29 is 14.3 Å². The van der Waals surface area contributed by atoms with Crippen LogP contribution < -0.4 is 0 Å². The molecule has 0 spiro atoms. The Morgan fingerprint density at radius 1 is 1.35 bits per heavy atom. The lowest BCUT2D eigenvalue weighted by Crippen LogP contribution is -2.06. The fourth-order valence-electron chi connectivity index (χ4n) is 1.35. The van der Waals surface area contributed by atoms with E-state index < -0.39 is 11.8 Å². The van der Waals surface area contributed by atoms with Gasteiger partial charge in [0.2, 0.25) is 0 Å². The van der Waals surface area contributed by atoms with Gasteiger partial charge in [-0.15, -0.1) is 5.10 Å². The number of carboxylic acid groups (broad SMARTS) is 1. The predicted octanol–water partition coefficient (Wildman–Crippen LogP) is 1.30. The maximum atomic E-state index is 13.5.